The second kappa shape index (κ2) is 6.10. The van der Waals surface area contributed by atoms with E-state index in [0.29, 0.717) is 6.61 Å². The molecule has 0 radical (unpaired) electrons. The molecule has 3 rings (SSSR count). The predicted octanol–water partition coefficient (Wildman–Crippen LogP) is 4.46. The van der Waals surface area contributed by atoms with Crippen molar-refractivity contribution < 1.29 is 14.3 Å². The second-order valence-corrected chi connectivity index (χ2v) is 8.58. The average molecular weight is 333 g/mol. The minimum Gasteiger partial charge on any atom is -0.347 e. The van der Waals surface area contributed by atoms with Gasteiger partial charge in [0.1, 0.15) is 6.10 Å². The van der Waals surface area contributed by atoms with E-state index in [0.717, 1.165) is 12.8 Å². The Hall–Kier alpha value is -0.940. The van der Waals surface area contributed by atoms with Crippen molar-refractivity contribution in [2.45, 2.75) is 83.5 Å². The van der Waals surface area contributed by atoms with E-state index in [2.05, 4.69) is 70.9 Å². The van der Waals surface area contributed by atoms with Gasteiger partial charge in [-0.05, 0) is 47.1 Å². The molecule has 1 spiro atoms. The molecule has 0 aliphatic carbocycles. The van der Waals surface area contributed by atoms with E-state index in [1.165, 1.54) is 5.56 Å². The van der Waals surface area contributed by atoms with Gasteiger partial charge in [0.15, 0.2) is 5.79 Å². The number of hydroxylamine groups is 2. The fourth-order valence-corrected chi connectivity index (χ4v) is 4.46. The average Bonchev–Trinajstić information content (AvgIpc) is 2.82. The molecule has 2 heterocycles. The first kappa shape index (κ1) is 17.9. The van der Waals surface area contributed by atoms with Gasteiger partial charge in [-0.1, -0.05) is 30.3 Å². The highest BCUT2D eigenvalue weighted by molar-refractivity contribution is 5.17. The fourth-order valence-electron chi connectivity index (χ4n) is 4.46. The summed E-state index contributed by atoms with van der Waals surface area (Å²) in [4.78, 5) is 6.46. The Bertz CT molecular complexity index is 552. The van der Waals surface area contributed by atoms with Crippen LogP contribution in [-0.4, -0.2) is 34.6 Å². The van der Waals surface area contributed by atoms with E-state index in [-0.39, 0.29) is 23.3 Å². The van der Waals surface area contributed by atoms with Crippen LogP contribution in [0.5, 0.6) is 0 Å². The first-order chi connectivity index (χ1) is 11.1. The Labute approximate surface area is 146 Å². The first-order valence-electron chi connectivity index (χ1n) is 8.97. The van der Waals surface area contributed by atoms with E-state index >= 15 is 0 Å². The monoisotopic (exact) mass is 333 g/mol. The summed E-state index contributed by atoms with van der Waals surface area (Å²) >= 11 is 0. The number of ether oxygens (including phenoxy) is 2. The van der Waals surface area contributed by atoms with Crippen molar-refractivity contribution in [1.82, 2.24) is 5.06 Å². The lowest BCUT2D eigenvalue weighted by Crippen LogP contribution is -2.65. The molecule has 2 aliphatic rings. The summed E-state index contributed by atoms with van der Waals surface area (Å²) in [5, 5.41) is 2.17. The highest BCUT2D eigenvalue weighted by atomic mass is 16.7. The highest BCUT2D eigenvalue weighted by Gasteiger charge is 2.57. The van der Waals surface area contributed by atoms with Crippen molar-refractivity contribution in [3.05, 3.63) is 35.9 Å². The van der Waals surface area contributed by atoms with Gasteiger partial charge < -0.3 is 9.47 Å². The zero-order valence-electron chi connectivity index (χ0n) is 15.8. The van der Waals surface area contributed by atoms with Gasteiger partial charge in [-0.15, -0.1) is 0 Å². The van der Waals surface area contributed by atoms with Gasteiger partial charge in [0, 0.05) is 23.9 Å². The van der Waals surface area contributed by atoms with E-state index in [1.807, 2.05) is 6.07 Å². The summed E-state index contributed by atoms with van der Waals surface area (Å²) in [5.74, 6) is -0.484. The van der Waals surface area contributed by atoms with Gasteiger partial charge in [0.2, 0.25) is 0 Å². The van der Waals surface area contributed by atoms with Crippen LogP contribution in [0.2, 0.25) is 0 Å². The van der Waals surface area contributed by atoms with Crippen molar-refractivity contribution in [2.24, 2.45) is 0 Å². The van der Waals surface area contributed by atoms with Gasteiger partial charge in [-0.25, -0.2) is 0 Å². The molecule has 2 saturated heterocycles. The minimum absolute atomic E-state index is 0.00291. The maximum atomic E-state index is 6.46. The third-order valence-electron chi connectivity index (χ3n) is 5.03. The lowest BCUT2D eigenvalue weighted by atomic mass is 9.78. The zero-order valence-corrected chi connectivity index (χ0v) is 15.8. The minimum atomic E-state index is -0.484. The highest BCUT2D eigenvalue weighted by Crippen LogP contribution is 2.49. The van der Waals surface area contributed by atoms with Crippen LogP contribution in [0.4, 0.5) is 0 Å². The Kier molecular flexibility index (Phi) is 4.54. The van der Waals surface area contributed by atoms with Crippen molar-refractivity contribution >= 4 is 0 Å². The van der Waals surface area contributed by atoms with E-state index in [9.17, 15) is 0 Å². The lowest BCUT2D eigenvalue weighted by molar-refractivity contribution is -0.351. The number of rotatable bonds is 3. The molecule has 4 heteroatoms. The molecule has 0 amide bonds. The topological polar surface area (TPSA) is 30.9 Å². The summed E-state index contributed by atoms with van der Waals surface area (Å²) in [6.45, 7) is 13.7. The zero-order chi connectivity index (χ0) is 17.6. The molecule has 0 N–H and O–H groups in total. The molecule has 2 aliphatic heterocycles. The van der Waals surface area contributed by atoms with Crippen LogP contribution in [0.25, 0.3) is 0 Å². The molecule has 0 saturated carbocycles. The third kappa shape index (κ3) is 3.38. The number of nitrogens with zero attached hydrogens (tertiary/aromatic N) is 1. The second-order valence-electron chi connectivity index (χ2n) is 8.58. The molecule has 1 aromatic rings. The molecule has 134 valence electrons. The van der Waals surface area contributed by atoms with Crippen molar-refractivity contribution in [1.29, 1.82) is 0 Å². The van der Waals surface area contributed by atoms with Gasteiger partial charge in [-0.3, -0.25) is 4.84 Å². The molecule has 4 nitrogen and oxygen atoms in total. The Morgan fingerprint density at radius 3 is 2.17 bits per heavy atom. The quantitative estimate of drug-likeness (QED) is 0.817. The number of benzene rings is 1. The standard InChI is InChI=1S/C20H31NO3/c1-15-12-22-20(23-15)13-18(3,4)21(19(5,6)14-20)24-16(2)17-10-8-7-9-11-17/h7-11,15-16H,12-14H2,1-6H3. The van der Waals surface area contributed by atoms with Crippen LogP contribution >= 0.6 is 0 Å². The van der Waals surface area contributed by atoms with E-state index in [1.54, 1.807) is 0 Å². The molecular weight excluding hydrogens is 302 g/mol. The Morgan fingerprint density at radius 1 is 1.08 bits per heavy atom. The van der Waals surface area contributed by atoms with Gasteiger partial charge in [-0.2, -0.15) is 5.06 Å². The lowest BCUT2D eigenvalue weighted by Gasteiger charge is -2.56. The fraction of sp³-hybridized carbons (Fsp3) is 0.700. The van der Waals surface area contributed by atoms with Crippen LogP contribution in [-0.2, 0) is 14.3 Å². The van der Waals surface area contributed by atoms with E-state index in [4.69, 9.17) is 14.3 Å². The SMILES string of the molecule is CC1COC2(CC(C)(C)N(OC(C)c3ccccc3)C(C)(C)C2)O1. The molecule has 0 aromatic heterocycles. The molecular formula is C20H31NO3. The van der Waals surface area contributed by atoms with Gasteiger partial charge >= 0.3 is 0 Å². The van der Waals surface area contributed by atoms with Crippen LogP contribution in [0.1, 0.15) is 66.1 Å². The van der Waals surface area contributed by atoms with Crippen molar-refractivity contribution in [3.8, 4) is 0 Å². The molecule has 2 fully saturated rings. The van der Waals surface area contributed by atoms with Crippen LogP contribution < -0.4 is 0 Å². The molecule has 1 aromatic carbocycles. The summed E-state index contributed by atoms with van der Waals surface area (Å²) in [5.41, 5.74) is 0.815. The largest absolute Gasteiger partial charge is 0.347 e. The van der Waals surface area contributed by atoms with Crippen LogP contribution in [0.15, 0.2) is 30.3 Å². The molecule has 24 heavy (non-hydrogen) atoms. The van der Waals surface area contributed by atoms with Crippen LogP contribution in [0.3, 0.4) is 0 Å². The molecule has 2 atom stereocenters. The summed E-state index contributed by atoms with van der Waals surface area (Å²) in [6, 6.07) is 10.4. The molecule has 0 bridgehead atoms. The maximum absolute atomic E-state index is 6.46. The van der Waals surface area contributed by atoms with E-state index < -0.39 is 5.79 Å². The normalized spacial score (nSPS) is 29.7. The smallest absolute Gasteiger partial charge is 0.172 e. The summed E-state index contributed by atoms with van der Waals surface area (Å²) < 4.78 is 12.3. The van der Waals surface area contributed by atoms with Crippen LogP contribution in [0, 0.1) is 0 Å². The van der Waals surface area contributed by atoms with Crippen molar-refractivity contribution in [2.75, 3.05) is 6.61 Å². The summed E-state index contributed by atoms with van der Waals surface area (Å²) in [6.07, 6.45) is 1.76. The Balaban J connectivity index is 1.81. The first-order valence-corrected chi connectivity index (χ1v) is 8.97. The van der Waals surface area contributed by atoms with Gasteiger partial charge in [0.25, 0.3) is 0 Å². The Morgan fingerprint density at radius 2 is 1.67 bits per heavy atom. The maximum Gasteiger partial charge on any atom is 0.172 e. The number of piperidine rings is 1. The predicted molar refractivity (Wildman–Crippen MR) is 94.4 cm³/mol. The molecule has 2 unspecified atom stereocenters. The van der Waals surface area contributed by atoms with Crippen molar-refractivity contribution in [3.63, 3.8) is 0 Å². The number of hydrogen-bond acceptors (Lipinski definition) is 4. The third-order valence-corrected chi connectivity index (χ3v) is 5.03. The number of hydrogen-bond donors (Lipinski definition) is 0. The van der Waals surface area contributed by atoms with Gasteiger partial charge in [0.05, 0.1) is 12.7 Å². The summed E-state index contributed by atoms with van der Waals surface area (Å²) in [7, 11) is 0.